The first-order valence-electron chi connectivity index (χ1n) is 6.59. The van der Waals surface area contributed by atoms with E-state index >= 15 is 0 Å². The van der Waals surface area contributed by atoms with Crippen LogP contribution < -0.4 is 10.6 Å². The van der Waals surface area contributed by atoms with Crippen LogP contribution >= 0.6 is 31.9 Å². The van der Waals surface area contributed by atoms with Crippen LogP contribution in [0.25, 0.3) is 0 Å². The van der Waals surface area contributed by atoms with Crippen molar-refractivity contribution in [1.29, 1.82) is 0 Å². The van der Waals surface area contributed by atoms with Gasteiger partial charge in [0.15, 0.2) is 0 Å². The molecule has 0 aliphatic heterocycles. The maximum Gasteiger partial charge on any atom is 0.138 e. The largest absolute Gasteiger partial charge is 0.373 e. The highest BCUT2D eigenvalue weighted by molar-refractivity contribution is 9.11. The number of nitrogens with zero attached hydrogens (tertiary/aromatic N) is 2. The van der Waals surface area contributed by atoms with Gasteiger partial charge in [0.25, 0.3) is 0 Å². The van der Waals surface area contributed by atoms with Gasteiger partial charge in [-0.25, -0.2) is 9.97 Å². The van der Waals surface area contributed by atoms with E-state index in [0.717, 1.165) is 32.1 Å². The molecule has 0 unspecified atom stereocenters. The molecule has 21 heavy (non-hydrogen) atoms. The van der Waals surface area contributed by atoms with Gasteiger partial charge in [0, 0.05) is 27.5 Å². The van der Waals surface area contributed by atoms with Crippen molar-refractivity contribution in [2.24, 2.45) is 0 Å². The smallest absolute Gasteiger partial charge is 0.138 e. The predicted molar refractivity (Wildman–Crippen MR) is 95.4 cm³/mol. The van der Waals surface area contributed by atoms with Gasteiger partial charge in [-0.3, -0.25) is 0 Å². The molecule has 1 aromatic carbocycles. The number of anilines is 3. The van der Waals surface area contributed by atoms with E-state index in [-0.39, 0.29) is 5.41 Å². The third-order valence-corrected chi connectivity index (χ3v) is 4.00. The van der Waals surface area contributed by atoms with E-state index in [2.05, 4.69) is 73.2 Å². The number of aromatic nitrogens is 2. The average Bonchev–Trinajstić information content (AvgIpc) is 2.40. The Morgan fingerprint density at radius 1 is 1.00 bits per heavy atom. The number of hydrogen-bond donors (Lipinski definition) is 2. The van der Waals surface area contributed by atoms with Crippen molar-refractivity contribution in [1.82, 2.24) is 9.97 Å². The normalized spacial score (nSPS) is 11.3. The molecule has 1 aromatic heterocycles. The fourth-order valence-corrected chi connectivity index (χ4v) is 2.85. The molecule has 1 heterocycles. The Hall–Kier alpha value is -1.14. The molecule has 0 fully saturated rings. The molecule has 2 N–H and O–H groups in total. The predicted octanol–water partition coefficient (Wildman–Crippen LogP) is 5.08. The zero-order valence-corrected chi connectivity index (χ0v) is 15.6. The Labute approximate surface area is 142 Å². The van der Waals surface area contributed by atoms with Crippen molar-refractivity contribution in [3.8, 4) is 0 Å². The third kappa shape index (κ3) is 4.17. The first-order chi connectivity index (χ1) is 9.79. The minimum atomic E-state index is -0.111. The van der Waals surface area contributed by atoms with Crippen LogP contribution in [0, 0.1) is 0 Å². The summed E-state index contributed by atoms with van der Waals surface area (Å²) in [5.74, 6) is 2.36. The van der Waals surface area contributed by atoms with Crippen LogP contribution in [0.2, 0.25) is 0 Å². The molecular weight excluding hydrogens is 396 g/mol. The van der Waals surface area contributed by atoms with Crippen molar-refractivity contribution in [3.63, 3.8) is 0 Å². The summed E-state index contributed by atoms with van der Waals surface area (Å²) in [6.07, 6.45) is 0. The van der Waals surface area contributed by atoms with Crippen LogP contribution in [0.5, 0.6) is 0 Å². The van der Waals surface area contributed by atoms with Gasteiger partial charge in [0.2, 0.25) is 0 Å². The van der Waals surface area contributed by atoms with Gasteiger partial charge >= 0.3 is 0 Å². The van der Waals surface area contributed by atoms with Crippen LogP contribution in [0.15, 0.2) is 33.2 Å². The highest BCUT2D eigenvalue weighted by atomic mass is 79.9. The number of rotatable bonds is 3. The maximum atomic E-state index is 4.62. The van der Waals surface area contributed by atoms with Gasteiger partial charge in [0.1, 0.15) is 17.5 Å². The molecule has 2 rings (SSSR count). The Balaban J connectivity index is 2.39. The molecule has 4 nitrogen and oxygen atoms in total. The quantitative estimate of drug-likeness (QED) is 0.736. The average molecular weight is 414 g/mol. The zero-order valence-electron chi connectivity index (χ0n) is 12.5. The third-order valence-electron chi connectivity index (χ3n) is 2.85. The number of hydrogen-bond acceptors (Lipinski definition) is 4. The highest BCUT2D eigenvalue weighted by Crippen LogP contribution is 2.30. The molecule has 0 saturated heterocycles. The topological polar surface area (TPSA) is 49.8 Å². The van der Waals surface area contributed by atoms with Crippen molar-refractivity contribution >= 4 is 49.2 Å². The molecule has 0 saturated carbocycles. The molecule has 0 aliphatic rings. The van der Waals surface area contributed by atoms with E-state index in [1.54, 1.807) is 0 Å². The molecule has 2 aromatic rings. The lowest BCUT2D eigenvalue weighted by molar-refractivity contribution is 0.547. The fraction of sp³-hybridized carbons (Fsp3) is 0.333. The fourth-order valence-electron chi connectivity index (χ4n) is 1.70. The van der Waals surface area contributed by atoms with E-state index in [1.165, 1.54) is 0 Å². The molecule has 0 bridgehead atoms. The van der Waals surface area contributed by atoms with Gasteiger partial charge < -0.3 is 10.6 Å². The molecule has 0 amide bonds. The van der Waals surface area contributed by atoms with Crippen LogP contribution in [0.3, 0.4) is 0 Å². The maximum absolute atomic E-state index is 4.62. The summed E-state index contributed by atoms with van der Waals surface area (Å²) in [6.45, 7) is 6.29. The highest BCUT2D eigenvalue weighted by Gasteiger charge is 2.19. The minimum Gasteiger partial charge on any atom is -0.373 e. The Morgan fingerprint density at radius 3 is 2.24 bits per heavy atom. The zero-order chi connectivity index (χ0) is 15.6. The van der Waals surface area contributed by atoms with Crippen molar-refractivity contribution in [2.75, 3.05) is 17.7 Å². The van der Waals surface area contributed by atoms with Crippen LogP contribution in [0.4, 0.5) is 17.3 Å². The van der Waals surface area contributed by atoms with Crippen LogP contribution in [-0.4, -0.2) is 17.0 Å². The van der Waals surface area contributed by atoms with E-state index in [1.807, 2.05) is 31.3 Å². The second-order valence-electron chi connectivity index (χ2n) is 5.71. The van der Waals surface area contributed by atoms with E-state index in [4.69, 9.17) is 0 Å². The summed E-state index contributed by atoms with van der Waals surface area (Å²) in [6, 6.07) is 7.86. The SMILES string of the molecule is CNc1cc(Nc2ccc(Br)cc2Br)nc(C(C)(C)C)n1. The second kappa shape index (κ2) is 6.32. The molecule has 6 heteroatoms. The van der Waals surface area contributed by atoms with E-state index in [0.29, 0.717) is 0 Å². The summed E-state index contributed by atoms with van der Waals surface area (Å²) < 4.78 is 1.99. The lowest BCUT2D eigenvalue weighted by atomic mass is 9.96. The summed E-state index contributed by atoms with van der Waals surface area (Å²) >= 11 is 7.00. The molecule has 0 radical (unpaired) electrons. The number of nitrogens with one attached hydrogen (secondary N) is 2. The van der Waals surface area contributed by atoms with Gasteiger partial charge in [0.05, 0.1) is 5.69 Å². The molecule has 0 spiro atoms. The molecule has 0 atom stereocenters. The standard InChI is InChI=1S/C15H18Br2N4/c1-15(2,3)14-20-12(18-4)8-13(21-14)19-11-6-5-9(16)7-10(11)17/h5-8H,1-4H3,(H2,18,19,20,21). The summed E-state index contributed by atoms with van der Waals surface area (Å²) in [4.78, 5) is 9.14. The van der Waals surface area contributed by atoms with Crippen LogP contribution in [0.1, 0.15) is 26.6 Å². The first-order valence-corrected chi connectivity index (χ1v) is 8.17. The number of benzene rings is 1. The lowest BCUT2D eigenvalue weighted by Crippen LogP contribution is -2.17. The monoisotopic (exact) mass is 412 g/mol. The lowest BCUT2D eigenvalue weighted by Gasteiger charge is -2.19. The van der Waals surface area contributed by atoms with Crippen molar-refractivity contribution in [2.45, 2.75) is 26.2 Å². The molecular formula is C15H18Br2N4. The Kier molecular flexibility index (Phi) is 4.88. The molecule has 112 valence electrons. The van der Waals surface area contributed by atoms with Crippen molar-refractivity contribution in [3.05, 3.63) is 39.0 Å². The summed E-state index contributed by atoms with van der Waals surface area (Å²) in [5, 5.41) is 6.41. The van der Waals surface area contributed by atoms with E-state index < -0.39 is 0 Å². The minimum absolute atomic E-state index is 0.111. The first kappa shape index (κ1) is 16.2. The van der Waals surface area contributed by atoms with Gasteiger partial charge in [-0.2, -0.15) is 0 Å². The summed E-state index contributed by atoms with van der Waals surface area (Å²) in [5.41, 5.74) is 0.846. The second-order valence-corrected chi connectivity index (χ2v) is 7.48. The Morgan fingerprint density at radius 2 is 1.67 bits per heavy atom. The van der Waals surface area contributed by atoms with Gasteiger partial charge in [-0.15, -0.1) is 0 Å². The van der Waals surface area contributed by atoms with Crippen molar-refractivity contribution < 1.29 is 0 Å². The van der Waals surface area contributed by atoms with Crippen LogP contribution in [-0.2, 0) is 5.41 Å². The summed E-state index contributed by atoms with van der Waals surface area (Å²) in [7, 11) is 1.86. The van der Waals surface area contributed by atoms with Gasteiger partial charge in [-0.05, 0) is 34.1 Å². The van der Waals surface area contributed by atoms with E-state index in [9.17, 15) is 0 Å². The number of halogens is 2. The Bertz CT molecular complexity index is 651. The molecule has 0 aliphatic carbocycles. The van der Waals surface area contributed by atoms with Gasteiger partial charge in [-0.1, -0.05) is 36.7 Å².